The number of rotatable bonds is 2. The fraction of sp³-hybridized carbons (Fsp3) is 0.200. The van der Waals surface area contributed by atoms with Crippen LogP contribution in [0.1, 0.15) is 50.7 Å². The maximum Gasteiger partial charge on any atom is 0.0970 e. The van der Waals surface area contributed by atoms with Crippen LogP contribution in [0.25, 0.3) is 65.6 Å². The molecule has 1 fully saturated rings. The van der Waals surface area contributed by atoms with Crippen molar-refractivity contribution in [3.8, 4) is 22.3 Å². The second-order valence-electron chi connectivity index (χ2n) is 13.1. The topological polar surface area (TPSA) is 25.8 Å². The smallest absolute Gasteiger partial charge is 0.0970 e. The van der Waals surface area contributed by atoms with E-state index in [-0.39, 0.29) is 5.41 Å². The van der Waals surface area contributed by atoms with Gasteiger partial charge in [0.25, 0.3) is 0 Å². The minimum absolute atomic E-state index is 0.277. The second-order valence-corrected chi connectivity index (χ2v) is 13.1. The first-order valence-electron chi connectivity index (χ1n) is 15.3. The molecule has 7 aromatic rings. The van der Waals surface area contributed by atoms with Gasteiger partial charge in [-0.2, -0.15) is 0 Å². The van der Waals surface area contributed by atoms with E-state index in [4.69, 9.17) is 9.97 Å². The number of hydrogen-bond acceptors (Lipinski definition) is 2. The lowest BCUT2D eigenvalue weighted by Crippen LogP contribution is -2.44. The Labute approximate surface area is 246 Å². The highest BCUT2D eigenvalue weighted by Gasteiger charge is 2.47. The van der Waals surface area contributed by atoms with Crippen molar-refractivity contribution in [1.29, 1.82) is 0 Å². The first-order chi connectivity index (χ1) is 20.5. The maximum atomic E-state index is 4.83. The zero-order chi connectivity index (χ0) is 28.1. The van der Waals surface area contributed by atoms with Crippen molar-refractivity contribution >= 4 is 43.4 Å². The summed E-state index contributed by atoms with van der Waals surface area (Å²) in [6, 6.07) is 36.1. The Hall–Kier alpha value is -4.56. The van der Waals surface area contributed by atoms with E-state index >= 15 is 0 Å². The largest absolute Gasteiger partial charge is 0.254 e. The molecule has 2 heteroatoms. The number of pyridine rings is 2. The Morgan fingerprint density at radius 2 is 1.05 bits per heavy atom. The number of benzene rings is 5. The molecule has 0 radical (unpaired) electrons. The molecule has 0 amide bonds. The molecule has 10 rings (SSSR count). The number of nitrogens with zero attached hydrogens (tertiary/aromatic N) is 2. The number of fused-ring (bicyclic) bond motifs is 7. The van der Waals surface area contributed by atoms with Crippen molar-refractivity contribution in [1.82, 2.24) is 9.97 Å². The first kappa shape index (κ1) is 24.1. The first-order valence-corrected chi connectivity index (χ1v) is 15.3. The molecule has 0 spiro atoms. The third-order valence-electron chi connectivity index (χ3n) is 10.7. The maximum absolute atomic E-state index is 4.83. The van der Waals surface area contributed by atoms with Crippen molar-refractivity contribution in [3.05, 3.63) is 121 Å². The molecule has 2 heterocycles. The fourth-order valence-electron chi connectivity index (χ4n) is 8.33. The summed E-state index contributed by atoms with van der Waals surface area (Å²) in [7, 11) is 0. The summed E-state index contributed by atoms with van der Waals surface area (Å²) in [5.74, 6) is 0. The van der Waals surface area contributed by atoms with E-state index in [0.29, 0.717) is 5.41 Å². The van der Waals surface area contributed by atoms with Gasteiger partial charge >= 0.3 is 0 Å². The molecular formula is C40H32N2. The monoisotopic (exact) mass is 540 g/mol. The summed E-state index contributed by atoms with van der Waals surface area (Å²) in [6.45, 7) is 4.99. The molecule has 2 nitrogen and oxygen atoms in total. The molecule has 3 aliphatic rings. The quantitative estimate of drug-likeness (QED) is 0.161. The third-order valence-corrected chi connectivity index (χ3v) is 10.7. The molecule has 3 aliphatic carbocycles. The van der Waals surface area contributed by atoms with Gasteiger partial charge in [0.2, 0.25) is 0 Å². The molecule has 42 heavy (non-hydrogen) atoms. The molecule has 1 saturated carbocycles. The van der Waals surface area contributed by atoms with Gasteiger partial charge in [-0.3, -0.25) is 9.97 Å². The van der Waals surface area contributed by atoms with Gasteiger partial charge in [-0.1, -0.05) is 92.7 Å². The van der Waals surface area contributed by atoms with Crippen molar-refractivity contribution in [3.63, 3.8) is 0 Å². The normalized spacial score (nSPS) is 21.4. The minimum atomic E-state index is 0.277. The van der Waals surface area contributed by atoms with E-state index in [1.165, 1.54) is 69.5 Å². The summed E-state index contributed by atoms with van der Waals surface area (Å²) in [5.41, 5.74) is 10.8. The predicted octanol–water partition coefficient (Wildman–Crippen LogP) is 10.5. The van der Waals surface area contributed by atoms with Gasteiger partial charge in [0.05, 0.1) is 11.0 Å². The van der Waals surface area contributed by atoms with Gasteiger partial charge in [-0.15, -0.1) is 0 Å². The Balaban J connectivity index is 1.40. The van der Waals surface area contributed by atoms with E-state index < -0.39 is 0 Å². The van der Waals surface area contributed by atoms with E-state index in [0.717, 1.165) is 21.8 Å². The summed E-state index contributed by atoms with van der Waals surface area (Å²) in [5, 5.41) is 7.40. The Kier molecular flexibility index (Phi) is 4.86. The highest BCUT2D eigenvalue weighted by Crippen LogP contribution is 2.57. The van der Waals surface area contributed by atoms with Gasteiger partial charge in [-0.05, 0) is 110 Å². The average molecular weight is 541 g/mol. The highest BCUT2D eigenvalue weighted by molar-refractivity contribution is 6.25. The van der Waals surface area contributed by atoms with E-state index in [9.17, 15) is 0 Å². The third kappa shape index (κ3) is 3.21. The summed E-state index contributed by atoms with van der Waals surface area (Å²) >= 11 is 0. The number of aromatic nitrogens is 2. The van der Waals surface area contributed by atoms with Crippen LogP contribution in [0.3, 0.4) is 0 Å². The van der Waals surface area contributed by atoms with E-state index in [2.05, 4.69) is 98.8 Å². The molecule has 5 aromatic carbocycles. The lowest BCUT2D eigenvalue weighted by Gasteiger charge is -2.52. The Bertz CT molecular complexity index is 2180. The standard InChI is InChI=1S/C40H32N2/c1-39-17-19-40(2,20-18-39)34-24-25(15-16-33(34)39)35-27-10-3-5-12-29(27)36(30-13-6-4-11-28(30)35)32-23-26-9-7-21-41-37(26)38-31(32)14-8-22-42-38/h3-16,21-24H,17-20H2,1-2H3. The van der Waals surface area contributed by atoms with Gasteiger partial charge in [0.15, 0.2) is 0 Å². The Morgan fingerprint density at radius 3 is 1.71 bits per heavy atom. The van der Waals surface area contributed by atoms with Crippen LogP contribution in [-0.2, 0) is 10.8 Å². The Morgan fingerprint density at radius 1 is 0.500 bits per heavy atom. The molecular weight excluding hydrogens is 508 g/mol. The molecule has 0 unspecified atom stereocenters. The fourth-order valence-corrected chi connectivity index (χ4v) is 8.33. The molecule has 2 bridgehead atoms. The van der Waals surface area contributed by atoms with Crippen LogP contribution in [0.4, 0.5) is 0 Å². The number of hydrogen-bond donors (Lipinski definition) is 0. The lowest BCUT2D eigenvalue weighted by molar-refractivity contribution is 0.188. The van der Waals surface area contributed by atoms with Crippen LogP contribution in [0.15, 0.2) is 109 Å². The van der Waals surface area contributed by atoms with E-state index in [1.807, 2.05) is 24.5 Å². The van der Waals surface area contributed by atoms with Crippen molar-refractivity contribution in [2.75, 3.05) is 0 Å². The van der Waals surface area contributed by atoms with Crippen LogP contribution >= 0.6 is 0 Å². The van der Waals surface area contributed by atoms with Crippen molar-refractivity contribution in [2.45, 2.75) is 50.4 Å². The van der Waals surface area contributed by atoms with Gasteiger partial charge in [-0.25, -0.2) is 0 Å². The second kappa shape index (κ2) is 8.49. The predicted molar refractivity (Wildman–Crippen MR) is 176 cm³/mol. The van der Waals surface area contributed by atoms with Crippen molar-refractivity contribution in [2.24, 2.45) is 0 Å². The van der Waals surface area contributed by atoms with Gasteiger partial charge in [0.1, 0.15) is 0 Å². The summed E-state index contributed by atoms with van der Waals surface area (Å²) < 4.78 is 0. The van der Waals surface area contributed by atoms with Crippen LogP contribution in [0, 0.1) is 0 Å². The van der Waals surface area contributed by atoms with Crippen LogP contribution in [0.2, 0.25) is 0 Å². The van der Waals surface area contributed by atoms with Crippen LogP contribution in [-0.4, -0.2) is 9.97 Å². The SMILES string of the molecule is CC12CCC(C)(CC1)c1cc(-c3c4ccccc4c(-c4cc5cccnc5c5ncccc45)c4ccccc34)ccc12. The molecule has 0 aliphatic heterocycles. The average Bonchev–Trinajstić information content (AvgIpc) is 3.04. The van der Waals surface area contributed by atoms with Crippen molar-refractivity contribution < 1.29 is 0 Å². The molecule has 202 valence electrons. The zero-order valence-corrected chi connectivity index (χ0v) is 24.1. The lowest BCUT2D eigenvalue weighted by atomic mass is 9.52. The molecule has 2 aromatic heterocycles. The van der Waals surface area contributed by atoms with Gasteiger partial charge in [0, 0.05) is 23.2 Å². The summed E-state index contributed by atoms with van der Waals surface area (Å²) in [6.07, 6.45) is 8.93. The molecule has 0 atom stereocenters. The molecule has 0 N–H and O–H groups in total. The van der Waals surface area contributed by atoms with Gasteiger partial charge < -0.3 is 0 Å². The van der Waals surface area contributed by atoms with E-state index in [1.54, 1.807) is 11.1 Å². The van der Waals surface area contributed by atoms with Crippen LogP contribution in [0.5, 0.6) is 0 Å². The summed E-state index contributed by atoms with van der Waals surface area (Å²) in [4.78, 5) is 9.55. The van der Waals surface area contributed by atoms with Crippen LogP contribution < -0.4 is 0 Å². The molecule has 0 saturated heterocycles. The minimum Gasteiger partial charge on any atom is -0.254 e. The zero-order valence-electron chi connectivity index (χ0n) is 24.1. The highest BCUT2D eigenvalue weighted by atomic mass is 14.7.